The Balaban J connectivity index is 1.61. The highest BCUT2D eigenvalue weighted by Gasteiger charge is 2.24. The van der Waals surface area contributed by atoms with Crippen LogP contribution in [0.3, 0.4) is 0 Å². The van der Waals surface area contributed by atoms with Crippen LogP contribution in [0.2, 0.25) is 0 Å². The molecule has 0 amide bonds. The second kappa shape index (κ2) is 7.10. The van der Waals surface area contributed by atoms with Crippen LogP contribution < -0.4 is 4.90 Å². The second-order valence-corrected chi connectivity index (χ2v) is 7.70. The summed E-state index contributed by atoms with van der Waals surface area (Å²) in [5.41, 5.74) is 2.55. The van der Waals surface area contributed by atoms with Crippen molar-refractivity contribution in [3.63, 3.8) is 0 Å². The fourth-order valence-electron chi connectivity index (χ4n) is 3.66. The summed E-state index contributed by atoms with van der Waals surface area (Å²) in [4.78, 5) is 18.6. The van der Waals surface area contributed by atoms with Gasteiger partial charge in [0.2, 0.25) is 0 Å². The maximum Gasteiger partial charge on any atom is 0.335 e. The zero-order chi connectivity index (χ0) is 17.2. The maximum atomic E-state index is 11.4. The van der Waals surface area contributed by atoms with Crippen LogP contribution in [-0.4, -0.2) is 42.2 Å². The third-order valence-corrected chi connectivity index (χ3v) is 6.06. The van der Waals surface area contributed by atoms with E-state index in [1.807, 2.05) is 12.1 Å². The number of fused-ring (bicyclic) bond motifs is 2. The Morgan fingerprint density at radius 2 is 1.76 bits per heavy atom. The molecule has 0 atom stereocenters. The van der Waals surface area contributed by atoms with Crippen molar-refractivity contribution in [1.82, 2.24) is 4.90 Å². The Kier molecular flexibility index (Phi) is 4.68. The molecule has 0 saturated carbocycles. The van der Waals surface area contributed by atoms with E-state index >= 15 is 0 Å². The average molecular weight is 354 g/mol. The molecule has 0 spiro atoms. The fourth-order valence-corrected chi connectivity index (χ4v) is 4.74. The molecule has 130 valence electrons. The molecule has 2 aromatic rings. The van der Waals surface area contributed by atoms with Crippen molar-refractivity contribution in [3.8, 4) is 0 Å². The summed E-state index contributed by atoms with van der Waals surface area (Å²) in [6.07, 6.45) is 3.71. The SMILES string of the molecule is O=C(O)c1ccc2c(c1)N(CCCN1CCCC1)c1ccccc1S2. The topological polar surface area (TPSA) is 43.8 Å². The number of hydrogen-bond acceptors (Lipinski definition) is 4. The standard InChI is InChI=1S/C20H22N2O2S/c23-20(24)15-8-9-19-17(14-15)22(13-5-12-21-10-3-4-11-21)16-6-1-2-7-18(16)25-19/h1-2,6-9,14H,3-5,10-13H2,(H,23,24). The molecule has 2 aliphatic rings. The molecular weight excluding hydrogens is 332 g/mol. The number of aromatic carboxylic acids is 1. The first-order valence-corrected chi connectivity index (χ1v) is 9.68. The maximum absolute atomic E-state index is 11.4. The first-order valence-electron chi connectivity index (χ1n) is 8.86. The number of anilines is 2. The van der Waals surface area contributed by atoms with Crippen LogP contribution in [-0.2, 0) is 0 Å². The molecule has 5 heteroatoms. The van der Waals surface area contributed by atoms with Crippen molar-refractivity contribution in [3.05, 3.63) is 48.0 Å². The lowest BCUT2D eigenvalue weighted by atomic mass is 10.1. The molecule has 2 aromatic carbocycles. The van der Waals surface area contributed by atoms with E-state index in [0.717, 1.165) is 30.1 Å². The van der Waals surface area contributed by atoms with Crippen molar-refractivity contribution >= 4 is 29.1 Å². The first-order chi connectivity index (χ1) is 12.2. The zero-order valence-corrected chi connectivity index (χ0v) is 15.0. The van der Waals surface area contributed by atoms with Gasteiger partial charge in [-0.1, -0.05) is 23.9 Å². The third kappa shape index (κ3) is 3.39. The summed E-state index contributed by atoms with van der Waals surface area (Å²) in [5.74, 6) is -0.872. The number of carboxylic acid groups (broad SMARTS) is 1. The number of hydrogen-bond donors (Lipinski definition) is 1. The molecular formula is C20H22N2O2S. The molecule has 1 N–H and O–H groups in total. The minimum Gasteiger partial charge on any atom is -0.478 e. The molecule has 4 nitrogen and oxygen atoms in total. The number of carboxylic acids is 1. The van der Waals surface area contributed by atoms with Gasteiger partial charge in [0.15, 0.2) is 0 Å². The van der Waals surface area contributed by atoms with E-state index < -0.39 is 5.97 Å². The summed E-state index contributed by atoms with van der Waals surface area (Å²) in [5, 5.41) is 9.36. The van der Waals surface area contributed by atoms with Crippen LogP contribution >= 0.6 is 11.8 Å². The van der Waals surface area contributed by atoms with Crippen molar-refractivity contribution < 1.29 is 9.90 Å². The normalized spacial score (nSPS) is 16.6. The van der Waals surface area contributed by atoms with E-state index in [9.17, 15) is 9.90 Å². The van der Waals surface area contributed by atoms with Crippen LogP contribution in [0.1, 0.15) is 29.6 Å². The molecule has 4 rings (SSSR count). The van der Waals surface area contributed by atoms with Gasteiger partial charge in [-0.15, -0.1) is 0 Å². The molecule has 1 fully saturated rings. The summed E-state index contributed by atoms with van der Waals surface area (Å²) >= 11 is 1.72. The molecule has 1 saturated heterocycles. The van der Waals surface area contributed by atoms with E-state index in [0.29, 0.717) is 5.56 Å². The third-order valence-electron chi connectivity index (χ3n) is 4.93. The van der Waals surface area contributed by atoms with E-state index in [1.165, 1.54) is 36.5 Å². The van der Waals surface area contributed by atoms with E-state index in [2.05, 4.69) is 34.1 Å². The van der Waals surface area contributed by atoms with E-state index in [1.54, 1.807) is 17.8 Å². The predicted molar refractivity (Wildman–Crippen MR) is 101 cm³/mol. The van der Waals surface area contributed by atoms with Gasteiger partial charge in [0.05, 0.1) is 16.9 Å². The number of likely N-dealkylation sites (tertiary alicyclic amines) is 1. The molecule has 0 aromatic heterocycles. The Hall–Kier alpha value is -1.98. The van der Waals surface area contributed by atoms with Crippen molar-refractivity contribution in [2.45, 2.75) is 29.1 Å². The summed E-state index contributed by atoms with van der Waals surface area (Å²) < 4.78 is 0. The Morgan fingerprint density at radius 1 is 1.00 bits per heavy atom. The lowest BCUT2D eigenvalue weighted by Gasteiger charge is -2.33. The minimum absolute atomic E-state index is 0.350. The number of rotatable bonds is 5. The molecule has 25 heavy (non-hydrogen) atoms. The van der Waals surface area contributed by atoms with Crippen LogP contribution in [0.5, 0.6) is 0 Å². The molecule has 0 bridgehead atoms. The number of benzene rings is 2. The van der Waals surface area contributed by atoms with Gasteiger partial charge in [0.25, 0.3) is 0 Å². The van der Waals surface area contributed by atoms with Gasteiger partial charge in [-0.05, 0) is 69.2 Å². The highest BCUT2D eigenvalue weighted by Crippen LogP contribution is 2.48. The van der Waals surface area contributed by atoms with Crippen molar-refractivity contribution in [1.29, 1.82) is 0 Å². The van der Waals surface area contributed by atoms with Gasteiger partial charge in [0.1, 0.15) is 0 Å². The lowest BCUT2D eigenvalue weighted by Crippen LogP contribution is -2.27. The van der Waals surface area contributed by atoms with Gasteiger partial charge < -0.3 is 14.9 Å². The Labute approximate surface area is 152 Å². The molecule has 0 aliphatic carbocycles. The number of nitrogens with zero attached hydrogens (tertiary/aromatic N) is 2. The van der Waals surface area contributed by atoms with Crippen LogP contribution in [0.15, 0.2) is 52.3 Å². The molecule has 2 aliphatic heterocycles. The smallest absolute Gasteiger partial charge is 0.335 e. The zero-order valence-electron chi connectivity index (χ0n) is 14.1. The highest BCUT2D eigenvalue weighted by atomic mass is 32.2. The van der Waals surface area contributed by atoms with Crippen molar-refractivity contribution in [2.75, 3.05) is 31.1 Å². The van der Waals surface area contributed by atoms with Gasteiger partial charge in [0, 0.05) is 16.3 Å². The first kappa shape index (κ1) is 16.5. The quantitative estimate of drug-likeness (QED) is 0.858. The number of para-hydroxylation sites is 1. The average Bonchev–Trinajstić information content (AvgIpc) is 3.14. The van der Waals surface area contributed by atoms with E-state index in [-0.39, 0.29) is 0 Å². The molecule has 0 unspecified atom stereocenters. The van der Waals surface area contributed by atoms with Gasteiger partial charge in [-0.3, -0.25) is 0 Å². The Morgan fingerprint density at radius 3 is 2.56 bits per heavy atom. The number of carbonyl (C=O) groups is 1. The van der Waals surface area contributed by atoms with E-state index in [4.69, 9.17) is 0 Å². The fraction of sp³-hybridized carbons (Fsp3) is 0.350. The minimum atomic E-state index is -0.872. The summed E-state index contributed by atoms with van der Waals surface area (Å²) in [7, 11) is 0. The Bertz CT molecular complexity index is 787. The van der Waals surface area contributed by atoms with Crippen LogP contribution in [0, 0.1) is 0 Å². The predicted octanol–water partition coefficient (Wildman–Crippen LogP) is 4.47. The molecule has 0 radical (unpaired) electrons. The summed E-state index contributed by atoms with van der Waals surface area (Å²) in [6.45, 7) is 4.45. The monoisotopic (exact) mass is 354 g/mol. The molecule has 2 heterocycles. The summed E-state index contributed by atoms with van der Waals surface area (Å²) in [6, 6.07) is 13.8. The second-order valence-electron chi connectivity index (χ2n) is 6.61. The highest BCUT2D eigenvalue weighted by molar-refractivity contribution is 7.99. The van der Waals surface area contributed by atoms with Gasteiger partial charge >= 0.3 is 5.97 Å². The van der Waals surface area contributed by atoms with Gasteiger partial charge in [-0.2, -0.15) is 0 Å². The largest absolute Gasteiger partial charge is 0.478 e. The van der Waals surface area contributed by atoms with Crippen LogP contribution in [0.25, 0.3) is 0 Å². The van der Waals surface area contributed by atoms with Crippen molar-refractivity contribution in [2.24, 2.45) is 0 Å². The van der Waals surface area contributed by atoms with Crippen LogP contribution in [0.4, 0.5) is 11.4 Å². The lowest BCUT2D eigenvalue weighted by molar-refractivity contribution is 0.0697. The van der Waals surface area contributed by atoms with Gasteiger partial charge in [-0.25, -0.2) is 4.79 Å².